The molecule has 5 heteroatoms. The Hall–Kier alpha value is -0.320. The number of hydrogen-bond acceptors (Lipinski definition) is 3. The van der Waals surface area contributed by atoms with E-state index in [2.05, 4.69) is 35.0 Å². The van der Waals surface area contributed by atoms with Gasteiger partial charge in [0, 0.05) is 39.4 Å². The van der Waals surface area contributed by atoms with Crippen LogP contribution in [-0.4, -0.2) is 49.2 Å². The molecule has 1 aromatic rings. The molecule has 1 aliphatic rings. The van der Waals surface area contributed by atoms with Crippen molar-refractivity contribution in [2.24, 2.45) is 5.92 Å². The van der Waals surface area contributed by atoms with E-state index < -0.39 is 0 Å². The van der Waals surface area contributed by atoms with Crippen molar-refractivity contribution in [3.8, 4) is 0 Å². The highest BCUT2D eigenvalue weighted by Gasteiger charge is 2.16. The van der Waals surface area contributed by atoms with E-state index in [0.29, 0.717) is 16.0 Å². The van der Waals surface area contributed by atoms with Gasteiger partial charge in [0.1, 0.15) is 0 Å². The molecule has 0 bridgehead atoms. The van der Waals surface area contributed by atoms with Crippen molar-refractivity contribution in [1.82, 2.24) is 15.1 Å². The van der Waals surface area contributed by atoms with Crippen LogP contribution >= 0.6 is 23.2 Å². The van der Waals surface area contributed by atoms with E-state index in [1.165, 1.54) is 5.56 Å². The Morgan fingerprint density at radius 3 is 2.33 bits per heavy atom. The average Bonchev–Trinajstić information content (AvgIpc) is 2.44. The second kappa shape index (κ2) is 8.35. The van der Waals surface area contributed by atoms with Crippen LogP contribution < -0.4 is 5.32 Å². The number of benzene rings is 1. The normalized spacial score (nSPS) is 17.6. The summed E-state index contributed by atoms with van der Waals surface area (Å²) in [6, 6.07) is 5.91. The molecule has 0 atom stereocenters. The Morgan fingerprint density at radius 2 is 1.71 bits per heavy atom. The summed E-state index contributed by atoms with van der Waals surface area (Å²) >= 11 is 12.0. The molecule has 2 rings (SSSR count). The molecule has 0 unspecified atom stereocenters. The number of rotatable bonds is 6. The van der Waals surface area contributed by atoms with Crippen molar-refractivity contribution in [3.05, 3.63) is 33.8 Å². The first-order chi connectivity index (χ1) is 10.0. The van der Waals surface area contributed by atoms with Gasteiger partial charge in [0.05, 0.1) is 10.0 Å². The maximum Gasteiger partial charge on any atom is 0.0595 e. The lowest BCUT2D eigenvalue weighted by Gasteiger charge is -2.35. The Kier molecular flexibility index (Phi) is 6.77. The summed E-state index contributed by atoms with van der Waals surface area (Å²) in [5.41, 5.74) is 1.23. The van der Waals surface area contributed by atoms with Gasteiger partial charge >= 0.3 is 0 Å². The van der Waals surface area contributed by atoms with Crippen LogP contribution in [-0.2, 0) is 6.54 Å². The van der Waals surface area contributed by atoms with Crippen LogP contribution in [0.4, 0.5) is 0 Å². The zero-order valence-corrected chi connectivity index (χ0v) is 14.4. The lowest BCUT2D eigenvalue weighted by molar-refractivity contribution is 0.119. The summed E-state index contributed by atoms with van der Waals surface area (Å²) in [7, 11) is 0. The molecule has 1 N–H and O–H groups in total. The van der Waals surface area contributed by atoms with Gasteiger partial charge in [-0.1, -0.05) is 43.1 Å². The van der Waals surface area contributed by atoms with Crippen molar-refractivity contribution < 1.29 is 0 Å². The van der Waals surface area contributed by atoms with E-state index in [1.54, 1.807) is 0 Å². The molecule has 1 saturated heterocycles. The minimum atomic E-state index is 0.626. The maximum atomic E-state index is 6.07. The standard InChI is InChI=1S/C16H25Cl2N3/c1-13(2)10-19-12-21-7-5-20(6-8-21)11-14-3-4-15(17)16(18)9-14/h3-4,9,13,19H,5-8,10-12H2,1-2H3. The minimum Gasteiger partial charge on any atom is -0.304 e. The largest absolute Gasteiger partial charge is 0.304 e. The third-order valence-electron chi connectivity index (χ3n) is 3.74. The Balaban J connectivity index is 1.72. The second-order valence-electron chi connectivity index (χ2n) is 6.15. The van der Waals surface area contributed by atoms with E-state index in [4.69, 9.17) is 23.2 Å². The molecule has 0 amide bonds. The Labute approximate surface area is 138 Å². The van der Waals surface area contributed by atoms with Crippen LogP contribution in [0, 0.1) is 5.92 Å². The highest BCUT2D eigenvalue weighted by Crippen LogP contribution is 2.23. The molecule has 1 heterocycles. The van der Waals surface area contributed by atoms with Crippen LogP contribution in [0.3, 0.4) is 0 Å². The fraction of sp³-hybridized carbons (Fsp3) is 0.625. The van der Waals surface area contributed by atoms with Gasteiger partial charge in [-0.3, -0.25) is 9.80 Å². The van der Waals surface area contributed by atoms with Crippen molar-refractivity contribution in [1.29, 1.82) is 0 Å². The third kappa shape index (κ3) is 5.76. The van der Waals surface area contributed by atoms with Gasteiger partial charge in [0.2, 0.25) is 0 Å². The highest BCUT2D eigenvalue weighted by atomic mass is 35.5. The zero-order valence-electron chi connectivity index (χ0n) is 12.9. The van der Waals surface area contributed by atoms with Crippen LogP contribution in [0.25, 0.3) is 0 Å². The van der Waals surface area contributed by atoms with E-state index >= 15 is 0 Å². The van der Waals surface area contributed by atoms with Crippen molar-refractivity contribution in [2.75, 3.05) is 39.4 Å². The molecule has 0 aromatic heterocycles. The quantitative estimate of drug-likeness (QED) is 0.863. The molecule has 0 aliphatic carbocycles. The molecular weight excluding hydrogens is 305 g/mol. The van der Waals surface area contributed by atoms with Crippen molar-refractivity contribution in [3.63, 3.8) is 0 Å². The number of piperazine rings is 1. The van der Waals surface area contributed by atoms with Gasteiger partial charge in [-0.05, 0) is 30.2 Å². The summed E-state index contributed by atoms with van der Waals surface area (Å²) in [5.74, 6) is 0.709. The second-order valence-corrected chi connectivity index (χ2v) is 6.96. The van der Waals surface area contributed by atoms with Gasteiger partial charge in [0.25, 0.3) is 0 Å². The zero-order chi connectivity index (χ0) is 15.2. The van der Waals surface area contributed by atoms with E-state index in [-0.39, 0.29) is 0 Å². The summed E-state index contributed by atoms with van der Waals surface area (Å²) in [5, 5.41) is 4.78. The first-order valence-corrected chi connectivity index (χ1v) is 8.39. The summed E-state index contributed by atoms with van der Waals surface area (Å²) in [6.07, 6.45) is 0. The van der Waals surface area contributed by atoms with Gasteiger partial charge in [-0.2, -0.15) is 0 Å². The Bertz CT molecular complexity index is 443. The average molecular weight is 330 g/mol. The smallest absolute Gasteiger partial charge is 0.0595 e. The third-order valence-corrected chi connectivity index (χ3v) is 4.48. The lowest BCUT2D eigenvalue weighted by Crippen LogP contribution is -2.49. The highest BCUT2D eigenvalue weighted by molar-refractivity contribution is 6.42. The first-order valence-electron chi connectivity index (χ1n) is 7.64. The SMILES string of the molecule is CC(C)CNCN1CCN(Cc2ccc(Cl)c(Cl)c2)CC1. The first kappa shape index (κ1) is 17.0. The summed E-state index contributed by atoms with van der Waals surface area (Å²) < 4.78 is 0. The molecule has 0 radical (unpaired) electrons. The number of hydrogen-bond donors (Lipinski definition) is 1. The number of nitrogens with zero attached hydrogens (tertiary/aromatic N) is 2. The fourth-order valence-corrected chi connectivity index (χ4v) is 2.83. The van der Waals surface area contributed by atoms with Gasteiger partial charge in [0.15, 0.2) is 0 Å². The lowest BCUT2D eigenvalue weighted by atomic mass is 10.2. The van der Waals surface area contributed by atoms with Crippen LogP contribution in [0.2, 0.25) is 10.0 Å². The maximum absolute atomic E-state index is 6.07. The molecule has 1 aromatic carbocycles. The van der Waals surface area contributed by atoms with E-state index in [1.807, 2.05) is 12.1 Å². The van der Waals surface area contributed by atoms with Crippen molar-refractivity contribution in [2.45, 2.75) is 20.4 Å². The predicted octanol–water partition coefficient (Wildman–Crippen LogP) is 3.31. The monoisotopic (exact) mass is 329 g/mol. The topological polar surface area (TPSA) is 18.5 Å². The van der Waals surface area contributed by atoms with Crippen LogP contribution in [0.1, 0.15) is 19.4 Å². The number of nitrogens with one attached hydrogen (secondary N) is 1. The number of halogens is 2. The van der Waals surface area contributed by atoms with E-state index in [0.717, 1.165) is 45.9 Å². The Morgan fingerprint density at radius 1 is 1.05 bits per heavy atom. The van der Waals surface area contributed by atoms with Crippen LogP contribution in [0.15, 0.2) is 18.2 Å². The van der Waals surface area contributed by atoms with E-state index in [9.17, 15) is 0 Å². The predicted molar refractivity (Wildman–Crippen MR) is 91.0 cm³/mol. The molecular formula is C16H25Cl2N3. The van der Waals surface area contributed by atoms with Gasteiger partial charge in [-0.15, -0.1) is 0 Å². The molecule has 0 saturated carbocycles. The van der Waals surface area contributed by atoms with Crippen LogP contribution in [0.5, 0.6) is 0 Å². The van der Waals surface area contributed by atoms with Gasteiger partial charge < -0.3 is 5.32 Å². The molecule has 1 fully saturated rings. The van der Waals surface area contributed by atoms with Crippen molar-refractivity contribution >= 4 is 23.2 Å². The molecule has 118 valence electrons. The molecule has 0 spiro atoms. The molecule has 1 aliphatic heterocycles. The van der Waals surface area contributed by atoms with Gasteiger partial charge in [-0.25, -0.2) is 0 Å². The summed E-state index contributed by atoms with van der Waals surface area (Å²) in [6.45, 7) is 11.9. The molecule has 3 nitrogen and oxygen atoms in total. The summed E-state index contributed by atoms with van der Waals surface area (Å²) in [4.78, 5) is 4.95. The minimum absolute atomic E-state index is 0.626. The fourth-order valence-electron chi connectivity index (χ4n) is 2.51. The molecule has 21 heavy (non-hydrogen) atoms.